The third-order valence-corrected chi connectivity index (χ3v) is 7.91. The van der Waals surface area contributed by atoms with Crippen LogP contribution in [0.15, 0.2) is 72.8 Å². The molecule has 7 heteroatoms. The summed E-state index contributed by atoms with van der Waals surface area (Å²) in [6.07, 6.45) is 0.802. The Morgan fingerprint density at radius 3 is 2.16 bits per heavy atom. The molecule has 2 atom stereocenters. The quantitative estimate of drug-likeness (QED) is 0.279. The lowest BCUT2D eigenvalue weighted by Gasteiger charge is -2.50. The summed E-state index contributed by atoms with van der Waals surface area (Å²) in [5.74, 6) is -0.374. The molecule has 0 amide bonds. The van der Waals surface area contributed by atoms with Crippen LogP contribution >= 0.6 is 7.75 Å². The molecule has 1 heterocycles. The summed E-state index contributed by atoms with van der Waals surface area (Å²) < 4.78 is 32.6. The van der Waals surface area contributed by atoms with Crippen LogP contribution in [0.5, 0.6) is 0 Å². The molecule has 1 aliphatic heterocycles. The first-order chi connectivity index (χ1) is 15.4. The number of ether oxygens (including phenoxy) is 1. The summed E-state index contributed by atoms with van der Waals surface area (Å²) in [5.41, 5.74) is 1.55. The monoisotopic (exact) mass is 457 g/mol. The van der Waals surface area contributed by atoms with Gasteiger partial charge in [0.25, 0.3) is 0 Å². The Morgan fingerprint density at radius 2 is 1.62 bits per heavy atom. The molecule has 2 aromatic carbocycles. The molecule has 0 radical (unpaired) electrons. The molecule has 172 valence electrons. The molecular formula is C25H32NO5P. The molecule has 0 unspecified atom stereocenters. The molecule has 0 saturated carbocycles. The van der Waals surface area contributed by atoms with E-state index in [1.807, 2.05) is 60.7 Å². The fourth-order valence-corrected chi connectivity index (χ4v) is 6.68. The second-order valence-corrected chi connectivity index (χ2v) is 9.92. The fourth-order valence-electron chi connectivity index (χ4n) is 4.65. The maximum absolute atomic E-state index is 14.0. The van der Waals surface area contributed by atoms with E-state index in [1.54, 1.807) is 18.5 Å². The molecule has 1 aliphatic rings. The van der Waals surface area contributed by atoms with Gasteiger partial charge in [-0.1, -0.05) is 72.8 Å². The third kappa shape index (κ3) is 4.89. The van der Waals surface area contributed by atoms with E-state index in [2.05, 4.69) is 6.58 Å². The molecule has 6 nitrogen and oxygen atoms in total. The van der Waals surface area contributed by atoms with Crippen molar-refractivity contribution >= 4 is 13.7 Å². The number of nitrogens with zero attached hydrogens (tertiary/aromatic N) is 1. The van der Waals surface area contributed by atoms with Gasteiger partial charge in [0.05, 0.1) is 31.8 Å². The van der Waals surface area contributed by atoms with Crippen LogP contribution in [0.1, 0.15) is 37.4 Å². The number of benzene rings is 2. The van der Waals surface area contributed by atoms with Crippen LogP contribution in [0.2, 0.25) is 0 Å². The number of carbonyl (C=O) groups excluding carboxylic acids is 1. The van der Waals surface area contributed by atoms with Gasteiger partial charge in [-0.15, -0.1) is 0 Å². The normalized spacial score (nSPS) is 22.0. The second-order valence-electron chi connectivity index (χ2n) is 7.95. The summed E-state index contributed by atoms with van der Waals surface area (Å²) in [7, 11) is -2.33. The van der Waals surface area contributed by atoms with Crippen LogP contribution < -0.4 is 0 Å². The number of methoxy groups -OCH3 is 1. The van der Waals surface area contributed by atoms with Gasteiger partial charge in [-0.2, -0.15) is 4.67 Å². The van der Waals surface area contributed by atoms with E-state index in [-0.39, 0.29) is 19.2 Å². The number of hydrogen-bond donors (Lipinski definition) is 0. The summed E-state index contributed by atoms with van der Waals surface area (Å²) in [6, 6.07) is 18.8. The number of carbonyl (C=O) groups is 1. The van der Waals surface area contributed by atoms with Crippen molar-refractivity contribution in [1.29, 1.82) is 0 Å². The first-order valence-electron chi connectivity index (χ1n) is 10.9. The van der Waals surface area contributed by atoms with E-state index in [1.165, 1.54) is 7.11 Å². The van der Waals surface area contributed by atoms with E-state index < -0.39 is 19.2 Å². The first-order valence-corrected chi connectivity index (χ1v) is 12.4. The van der Waals surface area contributed by atoms with Gasteiger partial charge in [-0.25, -0.2) is 4.57 Å². The van der Waals surface area contributed by atoms with Crippen LogP contribution in [0.25, 0.3) is 0 Å². The average molecular weight is 458 g/mol. The van der Waals surface area contributed by atoms with E-state index in [4.69, 9.17) is 13.8 Å². The summed E-state index contributed by atoms with van der Waals surface area (Å²) in [6.45, 7) is 8.48. The average Bonchev–Trinajstić information content (AvgIpc) is 2.79. The van der Waals surface area contributed by atoms with E-state index >= 15 is 0 Å². The van der Waals surface area contributed by atoms with Gasteiger partial charge < -0.3 is 4.74 Å². The largest absolute Gasteiger partial charge is 0.469 e. The molecular weight excluding hydrogens is 425 g/mol. The van der Waals surface area contributed by atoms with Gasteiger partial charge in [0.15, 0.2) is 0 Å². The minimum atomic E-state index is -3.72. The Bertz CT molecular complexity index is 955. The van der Waals surface area contributed by atoms with Crippen molar-refractivity contribution in [1.82, 2.24) is 4.67 Å². The molecule has 0 bridgehead atoms. The third-order valence-electron chi connectivity index (χ3n) is 5.74. The first kappa shape index (κ1) is 24.4. The minimum Gasteiger partial charge on any atom is -0.469 e. The molecule has 2 aromatic rings. The maximum Gasteiger partial charge on any atom is 0.409 e. The molecule has 1 fully saturated rings. The van der Waals surface area contributed by atoms with Crippen molar-refractivity contribution < 1.29 is 23.1 Å². The zero-order valence-electron chi connectivity index (χ0n) is 19.0. The molecule has 3 rings (SSSR count). The van der Waals surface area contributed by atoms with E-state index in [0.29, 0.717) is 19.4 Å². The van der Waals surface area contributed by atoms with Gasteiger partial charge in [-0.05, 0) is 37.8 Å². The maximum atomic E-state index is 14.0. The highest BCUT2D eigenvalue weighted by Crippen LogP contribution is 2.63. The summed E-state index contributed by atoms with van der Waals surface area (Å²) in [4.78, 5) is 13.5. The second kappa shape index (κ2) is 10.6. The van der Waals surface area contributed by atoms with Crippen LogP contribution in [0, 0.1) is 5.41 Å². The molecule has 0 aliphatic carbocycles. The lowest BCUT2D eigenvalue weighted by Crippen LogP contribution is -2.51. The highest BCUT2D eigenvalue weighted by molar-refractivity contribution is 7.51. The highest BCUT2D eigenvalue weighted by Gasteiger charge is 2.57. The lowest BCUT2D eigenvalue weighted by atomic mass is 9.66. The van der Waals surface area contributed by atoms with Gasteiger partial charge in [-0.3, -0.25) is 13.8 Å². The van der Waals surface area contributed by atoms with Gasteiger partial charge in [0.1, 0.15) is 0 Å². The van der Waals surface area contributed by atoms with Crippen LogP contribution in [-0.4, -0.2) is 37.5 Å². The van der Waals surface area contributed by atoms with Gasteiger partial charge in [0, 0.05) is 6.54 Å². The van der Waals surface area contributed by atoms with Crippen LogP contribution in [0.3, 0.4) is 0 Å². The number of piperidine rings is 1. The van der Waals surface area contributed by atoms with Crippen LogP contribution in [-0.2, 0) is 29.6 Å². The van der Waals surface area contributed by atoms with Crippen molar-refractivity contribution in [2.24, 2.45) is 5.41 Å². The standard InChI is InChI=1S/C25H32NO5P/c1-5-30-32(28,31-6-2)26-19-20(3)17-25(24(27)29-4,18-21-13-9-7-10-14-21)23(26)22-15-11-8-12-16-22/h7-16,23H,3,5-6,17-19H2,1-2,4H3/t23-,25+/m0/s1. The lowest BCUT2D eigenvalue weighted by molar-refractivity contribution is -0.158. The van der Waals surface area contributed by atoms with Gasteiger partial charge in [0.2, 0.25) is 0 Å². The molecule has 1 saturated heterocycles. The summed E-state index contributed by atoms with van der Waals surface area (Å²) >= 11 is 0. The number of esters is 1. The Hall–Kier alpha value is -2.24. The Balaban J connectivity index is 2.25. The number of rotatable bonds is 9. The van der Waals surface area contributed by atoms with Crippen molar-refractivity contribution in [3.05, 3.63) is 83.9 Å². The summed E-state index contributed by atoms with van der Waals surface area (Å²) in [5, 5.41) is 0. The Morgan fingerprint density at radius 1 is 1.06 bits per heavy atom. The molecule has 0 spiro atoms. The fraction of sp³-hybridized carbons (Fsp3) is 0.400. The topological polar surface area (TPSA) is 65.1 Å². The Labute approximate surface area is 190 Å². The van der Waals surface area contributed by atoms with Crippen molar-refractivity contribution in [3.63, 3.8) is 0 Å². The molecule has 0 aromatic heterocycles. The predicted molar refractivity (Wildman–Crippen MR) is 125 cm³/mol. The zero-order valence-corrected chi connectivity index (χ0v) is 19.9. The van der Waals surface area contributed by atoms with Crippen molar-refractivity contribution in [2.75, 3.05) is 26.9 Å². The van der Waals surface area contributed by atoms with Crippen molar-refractivity contribution in [2.45, 2.75) is 32.7 Å². The predicted octanol–water partition coefficient (Wildman–Crippen LogP) is 5.57. The van der Waals surface area contributed by atoms with E-state index in [0.717, 1.165) is 16.7 Å². The molecule has 32 heavy (non-hydrogen) atoms. The SMILES string of the molecule is C=C1CN(P(=O)(OCC)OCC)[C@@H](c2ccccc2)[C@@](Cc2ccccc2)(C(=O)OC)C1. The van der Waals surface area contributed by atoms with E-state index in [9.17, 15) is 9.36 Å². The van der Waals surface area contributed by atoms with Crippen LogP contribution in [0.4, 0.5) is 0 Å². The van der Waals surface area contributed by atoms with Crippen molar-refractivity contribution in [3.8, 4) is 0 Å². The minimum absolute atomic E-state index is 0.214. The number of hydrogen-bond acceptors (Lipinski definition) is 5. The highest BCUT2D eigenvalue weighted by atomic mass is 31.2. The zero-order chi connectivity index (χ0) is 23.2. The molecule has 0 N–H and O–H groups in total. The van der Waals surface area contributed by atoms with Gasteiger partial charge >= 0.3 is 13.7 Å². The smallest absolute Gasteiger partial charge is 0.409 e. The Kier molecular flexibility index (Phi) is 8.07.